The molecule has 2 unspecified atom stereocenters. The molecule has 0 saturated carbocycles. The summed E-state index contributed by atoms with van der Waals surface area (Å²) in [5.41, 5.74) is 5.12. The van der Waals surface area contributed by atoms with Crippen molar-refractivity contribution in [1.29, 1.82) is 0 Å². The van der Waals surface area contributed by atoms with Crippen molar-refractivity contribution < 1.29 is 14.4 Å². The van der Waals surface area contributed by atoms with Gasteiger partial charge in [-0.05, 0) is 40.9 Å². The Bertz CT molecular complexity index is 215. The molecule has 1 aliphatic heterocycles. The molecule has 0 bridgehead atoms. The lowest BCUT2D eigenvalue weighted by molar-refractivity contribution is 0.00578. The van der Waals surface area contributed by atoms with E-state index in [2.05, 4.69) is 0 Å². The minimum atomic E-state index is -0.538. The molecule has 1 aliphatic rings. The van der Waals surface area contributed by atoms with Gasteiger partial charge in [0, 0.05) is 6.04 Å². The van der Waals surface area contributed by atoms with E-state index >= 15 is 0 Å². The summed E-state index contributed by atoms with van der Waals surface area (Å²) in [6.07, 6.45) is -0.0196. The predicted octanol–water partition coefficient (Wildman–Crippen LogP) is 0.787. The van der Waals surface area contributed by atoms with Crippen LogP contribution in [0.3, 0.4) is 0 Å². The molecule has 1 fully saturated rings. The van der Waals surface area contributed by atoms with Crippen LogP contribution < -0.4 is 5.73 Å². The molecule has 5 heteroatoms. The van der Waals surface area contributed by atoms with E-state index in [1.54, 1.807) is 6.92 Å². The maximum Gasteiger partial charge on any atom is 0.459 e. The van der Waals surface area contributed by atoms with Gasteiger partial charge in [0.2, 0.25) is 0 Å². The van der Waals surface area contributed by atoms with Crippen molar-refractivity contribution in [1.82, 2.24) is 0 Å². The van der Waals surface area contributed by atoms with Crippen molar-refractivity contribution in [2.75, 3.05) is 0 Å². The van der Waals surface area contributed by atoms with Gasteiger partial charge >= 0.3 is 7.12 Å². The van der Waals surface area contributed by atoms with E-state index in [1.807, 2.05) is 27.7 Å². The van der Waals surface area contributed by atoms with Gasteiger partial charge in [0.15, 0.2) is 0 Å². The summed E-state index contributed by atoms with van der Waals surface area (Å²) < 4.78 is 11.5. The molecule has 0 aliphatic carbocycles. The molecule has 0 spiro atoms. The third-order valence-electron chi connectivity index (χ3n) is 3.39. The van der Waals surface area contributed by atoms with Crippen LogP contribution in [0.15, 0.2) is 0 Å². The maximum atomic E-state index is 9.31. The first kappa shape index (κ1) is 13.0. The molecule has 4 nitrogen and oxygen atoms in total. The van der Waals surface area contributed by atoms with Crippen molar-refractivity contribution >= 4 is 7.12 Å². The summed E-state index contributed by atoms with van der Waals surface area (Å²) in [7, 11) is -0.320. The van der Waals surface area contributed by atoms with Crippen LogP contribution in [0.5, 0.6) is 0 Å². The van der Waals surface area contributed by atoms with E-state index in [4.69, 9.17) is 15.0 Å². The van der Waals surface area contributed by atoms with Gasteiger partial charge in [0.1, 0.15) is 0 Å². The van der Waals surface area contributed by atoms with Gasteiger partial charge in [0.25, 0.3) is 0 Å². The van der Waals surface area contributed by atoms with E-state index in [0.29, 0.717) is 6.32 Å². The second-order valence-electron chi connectivity index (χ2n) is 5.33. The average molecular weight is 215 g/mol. The molecule has 0 radical (unpaired) electrons. The number of nitrogens with two attached hydrogens (primary N) is 1. The molecule has 88 valence electrons. The van der Waals surface area contributed by atoms with E-state index < -0.39 is 6.10 Å². The van der Waals surface area contributed by atoms with Crippen LogP contribution >= 0.6 is 0 Å². The molecule has 0 aromatic carbocycles. The Kier molecular flexibility index (Phi) is 3.50. The van der Waals surface area contributed by atoms with E-state index in [1.165, 1.54) is 0 Å². The lowest BCUT2D eigenvalue weighted by atomic mass is 9.79. The highest BCUT2D eigenvalue weighted by Crippen LogP contribution is 2.37. The molecule has 15 heavy (non-hydrogen) atoms. The Morgan fingerprint density at radius 2 is 1.60 bits per heavy atom. The summed E-state index contributed by atoms with van der Waals surface area (Å²) in [5, 5.41) is 9.31. The molecule has 1 saturated heterocycles. The van der Waals surface area contributed by atoms with Crippen LogP contribution in [0.2, 0.25) is 6.32 Å². The third-order valence-corrected chi connectivity index (χ3v) is 3.39. The fourth-order valence-electron chi connectivity index (χ4n) is 1.48. The first-order chi connectivity index (χ1) is 6.66. The van der Waals surface area contributed by atoms with E-state index in [9.17, 15) is 5.11 Å². The first-order valence-corrected chi connectivity index (χ1v) is 5.45. The number of aliphatic hydroxyl groups excluding tert-OH is 1. The summed E-state index contributed by atoms with van der Waals surface area (Å²) in [4.78, 5) is 0. The number of aliphatic hydroxyl groups is 1. The average Bonchev–Trinajstić information content (AvgIpc) is 2.19. The highest BCUT2D eigenvalue weighted by atomic mass is 16.7. The van der Waals surface area contributed by atoms with Gasteiger partial charge in [0.05, 0.1) is 17.3 Å². The zero-order valence-electron chi connectivity index (χ0n) is 10.3. The van der Waals surface area contributed by atoms with Crippen LogP contribution in [-0.4, -0.2) is 35.6 Å². The molecular weight excluding hydrogens is 193 g/mol. The Balaban J connectivity index is 2.56. The fraction of sp³-hybridized carbons (Fsp3) is 1.00. The minimum Gasteiger partial charge on any atom is -0.403 e. The Labute approximate surface area is 92.3 Å². The summed E-state index contributed by atoms with van der Waals surface area (Å²) in [5.74, 6) is 0. The molecule has 3 N–H and O–H groups in total. The predicted molar refractivity (Wildman–Crippen MR) is 60.5 cm³/mol. The highest BCUT2D eigenvalue weighted by molar-refractivity contribution is 6.45. The van der Waals surface area contributed by atoms with Crippen LogP contribution in [0.1, 0.15) is 34.6 Å². The largest absolute Gasteiger partial charge is 0.459 e. The van der Waals surface area contributed by atoms with Gasteiger partial charge in [-0.1, -0.05) is 0 Å². The normalized spacial score (nSPS) is 27.8. The lowest BCUT2D eigenvalue weighted by Crippen LogP contribution is -2.41. The van der Waals surface area contributed by atoms with E-state index in [-0.39, 0.29) is 24.4 Å². The highest BCUT2D eigenvalue weighted by Gasteiger charge is 2.51. The van der Waals surface area contributed by atoms with Gasteiger partial charge in [-0.15, -0.1) is 0 Å². The Hall–Kier alpha value is -0.0951. The standard InChI is InChI=1S/C10H22BNO3/c1-7(13)8(12)6-11-14-9(2,3)10(4,5)15-11/h7-8,13H,6,12H2,1-5H3. The SMILES string of the molecule is CC(O)C(N)CB1OC(C)(C)C(C)(C)O1. The molecule has 2 atom stereocenters. The zero-order chi connectivity index (χ0) is 11.9. The minimum absolute atomic E-state index is 0.306. The van der Waals surface area contributed by atoms with Crippen LogP contribution in [0.25, 0.3) is 0 Å². The molecule has 1 rings (SSSR count). The monoisotopic (exact) mass is 215 g/mol. The molecule has 0 aromatic rings. The van der Waals surface area contributed by atoms with Gasteiger partial charge < -0.3 is 20.1 Å². The fourth-order valence-corrected chi connectivity index (χ4v) is 1.48. The van der Waals surface area contributed by atoms with E-state index in [0.717, 1.165) is 0 Å². The van der Waals surface area contributed by atoms with Crippen molar-refractivity contribution in [3.8, 4) is 0 Å². The molecule has 0 aromatic heterocycles. The topological polar surface area (TPSA) is 64.7 Å². The Morgan fingerprint density at radius 1 is 1.20 bits per heavy atom. The number of rotatable bonds is 3. The summed E-state index contributed by atoms with van der Waals surface area (Å²) in [6, 6.07) is -0.306. The van der Waals surface area contributed by atoms with Crippen molar-refractivity contribution in [2.24, 2.45) is 5.73 Å². The molecule has 1 heterocycles. The van der Waals surface area contributed by atoms with Crippen molar-refractivity contribution in [3.05, 3.63) is 0 Å². The Morgan fingerprint density at radius 3 is 1.93 bits per heavy atom. The zero-order valence-corrected chi connectivity index (χ0v) is 10.3. The lowest BCUT2D eigenvalue weighted by Gasteiger charge is -2.32. The number of hydrogen-bond donors (Lipinski definition) is 2. The molecular formula is C10H22BNO3. The second-order valence-corrected chi connectivity index (χ2v) is 5.33. The van der Waals surface area contributed by atoms with Gasteiger partial charge in [-0.25, -0.2) is 0 Å². The smallest absolute Gasteiger partial charge is 0.403 e. The first-order valence-electron chi connectivity index (χ1n) is 5.45. The summed E-state index contributed by atoms with van der Waals surface area (Å²) >= 11 is 0. The van der Waals surface area contributed by atoms with Crippen molar-refractivity contribution in [3.63, 3.8) is 0 Å². The van der Waals surface area contributed by atoms with Crippen LogP contribution in [0, 0.1) is 0 Å². The van der Waals surface area contributed by atoms with Crippen molar-refractivity contribution in [2.45, 2.75) is 64.3 Å². The quantitative estimate of drug-likeness (QED) is 0.683. The van der Waals surface area contributed by atoms with Gasteiger partial charge in [-0.2, -0.15) is 0 Å². The second kappa shape index (κ2) is 4.05. The molecule has 0 amide bonds. The third kappa shape index (κ3) is 2.72. The maximum absolute atomic E-state index is 9.31. The summed E-state index contributed by atoms with van der Waals surface area (Å²) in [6.45, 7) is 9.68. The van der Waals surface area contributed by atoms with Gasteiger partial charge in [-0.3, -0.25) is 0 Å². The number of hydrogen-bond acceptors (Lipinski definition) is 4. The van der Waals surface area contributed by atoms with Crippen LogP contribution in [0.4, 0.5) is 0 Å². The van der Waals surface area contributed by atoms with Crippen LogP contribution in [-0.2, 0) is 9.31 Å².